The Morgan fingerprint density at radius 2 is 1.89 bits per heavy atom. The number of nitro groups is 1. The van der Waals surface area contributed by atoms with Gasteiger partial charge in [-0.3, -0.25) is 15.0 Å². The van der Waals surface area contributed by atoms with Crippen molar-refractivity contribution in [1.29, 1.82) is 0 Å². The van der Waals surface area contributed by atoms with Crippen molar-refractivity contribution in [2.45, 2.75) is 12.8 Å². The molecular weight excluding hydrogens is 252 g/mol. The summed E-state index contributed by atoms with van der Waals surface area (Å²) in [7, 11) is 0. The van der Waals surface area contributed by atoms with Gasteiger partial charge in [-0.15, -0.1) is 0 Å². The SMILES string of the molecule is O=C(OCN1CCCC1)Oc1ccc([N+](=O)[O-])cc1. The highest BCUT2D eigenvalue weighted by Crippen LogP contribution is 2.17. The van der Waals surface area contributed by atoms with Crippen LogP contribution in [0.1, 0.15) is 12.8 Å². The second kappa shape index (κ2) is 6.14. The summed E-state index contributed by atoms with van der Waals surface area (Å²) in [6.45, 7) is 2.06. The molecule has 1 aliphatic rings. The van der Waals surface area contributed by atoms with E-state index in [1.54, 1.807) is 0 Å². The predicted octanol–water partition coefficient (Wildman–Crippen LogP) is 2.16. The van der Waals surface area contributed by atoms with Gasteiger partial charge >= 0.3 is 6.16 Å². The van der Waals surface area contributed by atoms with Crippen LogP contribution >= 0.6 is 0 Å². The molecule has 1 saturated heterocycles. The zero-order valence-corrected chi connectivity index (χ0v) is 10.3. The van der Waals surface area contributed by atoms with Crippen LogP contribution in [0.25, 0.3) is 0 Å². The Morgan fingerprint density at radius 1 is 1.26 bits per heavy atom. The third kappa shape index (κ3) is 3.92. The topological polar surface area (TPSA) is 81.9 Å². The highest BCUT2D eigenvalue weighted by atomic mass is 16.7. The maximum atomic E-state index is 11.4. The Bertz CT molecular complexity index is 454. The van der Waals surface area contributed by atoms with E-state index in [1.807, 2.05) is 4.90 Å². The lowest BCUT2D eigenvalue weighted by molar-refractivity contribution is -0.384. The molecule has 0 radical (unpaired) electrons. The fraction of sp³-hybridized carbons (Fsp3) is 0.417. The Hall–Kier alpha value is -2.15. The van der Waals surface area contributed by atoms with Crippen molar-refractivity contribution in [3.63, 3.8) is 0 Å². The van der Waals surface area contributed by atoms with E-state index in [-0.39, 0.29) is 18.2 Å². The number of non-ortho nitro benzene ring substituents is 1. The van der Waals surface area contributed by atoms with E-state index in [0.717, 1.165) is 25.9 Å². The van der Waals surface area contributed by atoms with E-state index in [4.69, 9.17) is 9.47 Å². The van der Waals surface area contributed by atoms with Gasteiger partial charge in [0, 0.05) is 25.2 Å². The van der Waals surface area contributed by atoms with E-state index in [0.29, 0.717) is 0 Å². The molecule has 0 bridgehead atoms. The molecule has 7 heteroatoms. The first-order valence-electron chi connectivity index (χ1n) is 5.96. The lowest BCUT2D eigenvalue weighted by Gasteiger charge is -2.14. The number of carbonyl (C=O) groups excluding carboxylic acids is 1. The lowest BCUT2D eigenvalue weighted by Crippen LogP contribution is -2.25. The van der Waals surface area contributed by atoms with Crippen LogP contribution in [0.5, 0.6) is 5.75 Å². The molecule has 2 rings (SSSR count). The third-order valence-corrected chi connectivity index (χ3v) is 2.81. The van der Waals surface area contributed by atoms with Gasteiger partial charge in [-0.1, -0.05) is 0 Å². The average Bonchev–Trinajstić information content (AvgIpc) is 2.90. The van der Waals surface area contributed by atoms with Crippen LogP contribution in [0.3, 0.4) is 0 Å². The lowest BCUT2D eigenvalue weighted by atomic mass is 10.3. The zero-order chi connectivity index (χ0) is 13.7. The minimum absolute atomic E-state index is 0.0576. The molecule has 0 spiro atoms. The fourth-order valence-corrected chi connectivity index (χ4v) is 1.82. The predicted molar refractivity (Wildman–Crippen MR) is 65.9 cm³/mol. The molecule has 0 saturated carbocycles. The average molecular weight is 266 g/mol. The molecule has 0 amide bonds. The summed E-state index contributed by atoms with van der Waals surface area (Å²) in [4.78, 5) is 23.3. The first-order valence-corrected chi connectivity index (χ1v) is 5.96. The molecule has 1 aromatic carbocycles. The standard InChI is InChI=1S/C12H14N2O5/c15-12(18-9-13-7-1-2-8-13)19-11-5-3-10(4-6-11)14(16)17/h3-6H,1-2,7-9H2. The summed E-state index contributed by atoms with van der Waals surface area (Å²) < 4.78 is 9.84. The Labute approximate surface area is 109 Å². The smallest absolute Gasteiger partial charge is 0.418 e. The maximum Gasteiger partial charge on any atom is 0.515 e. The van der Waals surface area contributed by atoms with Gasteiger partial charge in [0.1, 0.15) is 12.5 Å². The number of hydrogen-bond acceptors (Lipinski definition) is 6. The van der Waals surface area contributed by atoms with Crippen LogP contribution < -0.4 is 4.74 Å². The molecule has 1 heterocycles. The molecule has 0 atom stereocenters. The molecule has 0 N–H and O–H groups in total. The molecule has 1 aromatic rings. The maximum absolute atomic E-state index is 11.4. The highest BCUT2D eigenvalue weighted by Gasteiger charge is 2.14. The van der Waals surface area contributed by atoms with Gasteiger partial charge in [-0.05, 0) is 25.0 Å². The van der Waals surface area contributed by atoms with Gasteiger partial charge < -0.3 is 9.47 Å². The Morgan fingerprint density at radius 3 is 2.47 bits per heavy atom. The zero-order valence-electron chi connectivity index (χ0n) is 10.3. The van der Waals surface area contributed by atoms with Gasteiger partial charge in [0.2, 0.25) is 0 Å². The van der Waals surface area contributed by atoms with E-state index < -0.39 is 11.1 Å². The van der Waals surface area contributed by atoms with Crippen LogP contribution in [0.2, 0.25) is 0 Å². The number of carbonyl (C=O) groups is 1. The van der Waals surface area contributed by atoms with Crippen molar-refractivity contribution in [3.8, 4) is 5.75 Å². The van der Waals surface area contributed by atoms with Crippen LogP contribution in [-0.2, 0) is 4.74 Å². The summed E-state index contributed by atoms with van der Waals surface area (Å²) >= 11 is 0. The number of benzene rings is 1. The van der Waals surface area contributed by atoms with E-state index in [2.05, 4.69) is 0 Å². The monoisotopic (exact) mass is 266 g/mol. The normalized spacial score (nSPS) is 15.2. The van der Waals surface area contributed by atoms with Crippen LogP contribution in [0.4, 0.5) is 10.5 Å². The molecule has 102 valence electrons. The van der Waals surface area contributed by atoms with Gasteiger partial charge in [0.05, 0.1) is 4.92 Å². The van der Waals surface area contributed by atoms with Crippen LogP contribution in [-0.4, -0.2) is 35.8 Å². The summed E-state index contributed by atoms with van der Waals surface area (Å²) in [5, 5.41) is 10.5. The number of ether oxygens (including phenoxy) is 2. The minimum atomic E-state index is -0.805. The molecular formula is C12H14N2O5. The summed E-state index contributed by atoms with van der Waals surface area (Å²) in [6.07, 6.45) is 1.42. The largest absolute Gasteiger partial charge is 0.515 e. The number of likely N-dealkylation sites (tertiary alicyclic amines) is 1. The summed E-state index contributed by atoms with van der Waals surface area (Å²) in [6, 6.07) is 5.25. The van der Waals surface area contributed by atoms with E-state index in [9.17, 15) is 14.9 Å². The van der Waals surface area contributed by atoms with Gasteiger partial charge in [-0.25, -0.2) is 4.79 Å². The number of nitro benzene ring substituents is 1. The molecule has 0 unspecified atom stereocenters. The van der Waals surface area contributed by atoms with Crippen molar-refractivity contribution in [2.24, 2.45) is 0 Å². The van der Waals surface area contributed by atoms with Crippen molar-refractivity contribution in [3.05, 3.63) is 34.4 Å². The van der Waals surface area contributed by atoms with Crippen molar-refractivity contribution < 1.29 is 19.2 Å². The van der Waals surface area contributed by atoms with E-state index in [1.165, 1.54) is 24.3 Å². The first kappa shape index (κ1) is 13.3. The first-order chi connectivity index (χ1) is 9.15. The van der Waals surface area contributed by atoms with Crippen LogP contribution in [0.15, 0.2) is 24.3 Å². The highest BCUT2D eigenvalue weighted by molar-refractivity contribution is 5.63. The minimum Gasteiger partial charge on any atom is -0.418 e. The number of hydrogen-bond donors (Lipinski definition) is 0. The summed E-state index contributed by atoms with van der Waals surface area (Å²) in [5.41, 5.74) is -0.0576. The fourth-order valence-electron chi connectivity index (χ4n) is 1.82. The number of rotatable bonds is 4. The second-order valence-electron chi connectivity index (χ2n) is 4.20. The quantitative estimate of drug-likeness (QED) is 0.359. The van der Waals surface area contributed by atoms with Crippen molar-refractivity contribution >= 4 is 11.8 Å². The molecule has 0 aliphatic carbocycles. The van der Waals surface area contributed by atoms with Gasteiger partial charge in [0.25, 0.3) is 5.69 Å². The second-order valence-corrected chi connectivity index (χ2v) is 4.20. The Kier molecular flexibility index (Phi) is 4.30. The summed E-state index contributed by atoms with van der Waals surface area (Å²) in [5.74, 6) is 0.219. The van der Waals surface area contributed by atoms with Crippen molar-refractivity contribution in [2.75, 3.05) is 19.8 Å². The molecule has 1 fully saturated rings. The number of nitrogens with zero attached hydrogens (tertiary/aromatic N) is 2. The Balaban J connectivity index is 1.79. The van der Waals surface area contributed by atoms with Crippen LogP contribution in [0, 0.1) is 10.1 Å². The molecule has 19 heavy (non-hydrogen) atoms. The van der Waals surface area contributed by atoms with E-state index >= 15 is 0 Å². The van der Waals surface area contributed by atoms with Crippen molar-refractivity contribution in [1.82, 2.24) is 4.90 Å². The molecule has 1 aliphatic heterocycles. The molecule has 0 aromatic heterocycles. The van der Waals surface area contributed by atoms with Gasteiger partial charge in [-0.2, -0.15) is 0 Å². The van der Waals surface area contributed by atoms with Gasteiger partial charge in [0.15, 0.2) is 0 Å². The molecule has 7 nitrogen and oxygen atoms in total. The third-order valence-electron chi connectivity index (χ3n) is 2.81.